The minimum Gasteiger partial charge on any atom is -0.314 e. The summed E-state index contributed by atoms with van der Waals surface area (Å²) in [5.74, 6) is -2.75. The first kappa shape index (κ1) is 17.0. The number of benzene rings is 1. The molecule has 0 spiro atoms. The Kier molecular flexibility index (Phi) is 6.46. The van der Waals surface area contributed by atoms with Crippen molar-refractivity contribution in [1.82, 2.24) is 10.2 Å². The van der Waals surface area contributed by atoms with Crippen molar-refractivity contribution in [2.75, 3.05) is 26.2 Å². The maximum atomic E-state index is 14.2. The van der Waals surface area contributed by atoms with Crippen LogP contribution in [0.5, 0.6) is 0 Å². The number of rotatable bonds is 7. The lowest BCUT2D eigenvalue weighted by molar-refractivity contribution is 0.158. The van der Waals surface area contributed by atoms with Gasteiger partial charge in [0.25, 0.3) is 0 Å². The van der Waals surface area contributed by atoms with Crippen LogP contribution in [0.1, 0.15) is 37.3 Å². The molecule has 1 heterocycles. The Labute approximate surface area is 130 Å². The van der Waals surface area contributed by atoms with E-state index in [-0.39, 0.29) is 11.6 Å². The summed E-state index contributed by atoms with van der Waals surface area (Å²) in [6.07, 6.45) is 5.26. The second-order valence-electron chi connectivity index (χ2n) is 5.67. The van der Waals surface area contributed by atoms with Gasteiger partial charge < -0.3 is 5.32 Å². The van der Waals surface area contributed by atoms with Crippen LogP contribution in [0.4, 0.5) is 13.2 Å². The van der Waals surface area contributed by atoms with Crippen molar-refractivity contribution in [2.45, 2.75) is 31.7 Å². The Balaban J connectivity index is 2.20. The van der Waals surface area contributed by atoms with Crippen LogP contribution in [0.25, 0.3) is 0 Å². The first-order valence-electron chi connectivity index (χ1n) is 7.83. The van der Waals surface area contributed by atoms with Crippen LogP contribution in [0.2, 0.25) is 0 Å². The van der Waals surface area contributed by atoms with Crippen LogP contribution < -0.4 is 5.32 Å². The molecule has 1 fully saturated rings. The van der Waals surface area contributed by atoms with Crippen LogP contribution in [0, 0.1) is 17.5 Å². The molecular formula is C17H23F3N2. The Morgan fingerprint density at radius 1 is 1.18 bits per heavy atom. The van der Waals surface area contributed by atoms with Gasteiger partial charge in [-0.3, -0.25) is 4.90 Å². The van der Waals surface area contributed by atoms with Gasteiger partial charge >= 0.3 is 0 Å². The number of unbranched alkanes of at least 4 members (excludes halogenated alkanes) is 2. The number of piperazine rings is 1. The van der Waals surface area contributed by atoms with Crippen LogP contribution in [-0.2, 0) is 0 Å². The SMILES string of the molecule is C=CCCCC[C@H](c1cc(F)cc(F)c1F)N1CCNCC1. The van der Waals surface area contributed by atoms with Crippen molar-refractivity contribution < 1.29 is 13.2 Å². The number of nitrogens with one attached hydrogen (secondary N) is 1. The van der Waals surface area contributed by atoms with Gasteiger partial charge in [-0.15, -0.1) is 6.58 Å². The summed E-state index contributed by atoms with van der Waals surface area (Å²) >= 11 is 0. The molecule has 0 unspecified atom stereocenters. The largest absolute Gasteiger partial charge is 0.314 e. The minimum atomic E-state index is -1.11. The molecule has 2 nitrogen and oxygen atoms in total. The molecule has 5 heteroatoms. The number of nitrogens with zero attached hydrogens (tertiary/aromatic N) is 1. The van der Waals surface area contributed by atoms with Crippen molar-refractivity contribution in [3.63, 3.8) is 0 Å². The fourth-order valence-corrected chi connectivity index (χ4v) is 2.97. The minimum absolute atomic E-state index is 0.137. The zero-order valence-electron chi connectivity index (χ0n) is 12.8. The lowest BCUT2D eigenvalue weighted by Crippen LogP contribution is -2.45. The predicted molar refractivity (Wildman–Crippen MR) is 82.2 cm³/mol. The molecule has 1 aliphatic rings. The van der Waals surface area contributed by atoms with Crippen molar-refractivity contribution in [3.8, 4) is 0 Å². The third kappa shape index (κ3) is 4.34. The zero-order chi connectivity index (χ0) is 15.9. The highest BCUT2D eigenvalue weighted by Crippen LogP contribution is 2.30. The van der Waals surface area contributed by atoms with E-state index in [1.54, 1.807) is 0 Å². The standard InChI is InChI=1S/C17H23F3N2/c1-2-3-4-5-6-16(22-9-7-21-8-10-22)14-11-13(18)12-15(19)17(14)20/h2,11-12,16,21H,1,3-10H2/t16-/m1/s1. The lowest BCUT2D eigenvalue weighted by Gasteiger charge is -2.35. The second-order valence-corrected chi connectivity index (χ2v) is 5.67. The van der Waals surface area contributed by atoms with E-state index in [1.807, 2.05) is 6.08 Å². The molecule has 0 aromatic heterocycles. The Morgan fingerprint density at radius 3 is 2.59 bits per heavy atom. The second kappa shape index (κ2) is 8.34. The number of hydrogen-bond donors (Lipinski definition) is 1. The Bertz CT molecular complexity index is 499. The molecule has 2 rings (SSSR count). The molecule has 0 amide bonds. The molecule has 1 aromatic rings. The van der Waals surface area contributed by atoms with Crippen LogP contribution in [0.3, 0.4) is 0 Å². The summed E-state index contributed by atoms with van der Waals surface area (Å²) in [6, 6.07) is 1.46. The van der Waals surface area contributed by atoms with E-state index in [9.17, 15) is 13.2 Å². The average Bonchev–Trinajstić information content (AvgIpc) is 2.52. The van der Waals surface area contributed by atoms with Gasteiger partial charge in [-0.25, -0.2) is 13.2 Å². The summed E-state index contributed by atoms with van der Waals surface area (Å²) in [5.41, 5.74) is 0.137. The summed E-state index contributed by atoms with van der Waals surface area (Å²) in [4.78, 5) is 2.11. The van der Waals surface area contributed by atoms with Crippen molar-refractivity contribution in [1.29, 1.82) is 0 Å². The molecule has 1 aromatic carbocycles. The highest BCUT2D eigenvalue weighted by Gasteiger charge is 2.26. The molecule has 122 valence electrons. The monoisotopic (exact) mass is 312 g/mol. The van der Waals surface area contributed by atoms with Crippen molar-refractivity contribution >= 4 is 0 Å². The van der Waals surface area contributed by atoms with E-state index >= 15 is 0 Å². The first-order chi connectivity index (χ1) is 10.6. The quantitative estimate of drug-likeness (QED) is 0.468. The van der Waals surface area contributed by atoms with Gasteiger partial charge in [0.2, 0.25) is 0 Å². The Morgan fingerprint density at radius 2 is 1.91 bits per heavy atom. The zero-order valence-corrected chi connectivity index (χ0v) is 12.8. The van der Waals surface area contributed by atoms with E-state index in [0.29, 0.717) is 12.5 Å². The number of allylic oxidation sites excluding steroid dienone is 1. The van der Waals surface area contributed by atoms with Gasteiger partial charge in [-0.2, -0.15) is 0 Å². The Hall–Kier alpha value is -1.33. The maximum Gasteiger partial charge on any atom is 0.163 e. The highest BCUT2D eigenvalue weighted by molar-refractivity contribution is 5.24. The van der Waals surface area contributed by atoms with E-state index in [4.69, 9.17) is 0 Å². The fraction of sp³-hybridized carbons (Fsp3) is 0.529. The average molecular weight is 312 g/mol. The summed E-state index contributed by atoms with van der Waals surface area (Å²) in [5, 5.41) is 3.24. The summed E-state index contributed by atoms with van der Waals surface area (Å²) in [7, 11) is 0. The molecular weight excluding hydrogens is 289 g/mol. The van der Waals surface area contributed by atoms with Crippen molar-refractivity contribution in [3.05, 3.63) is 47.8 Å². The first-order valence-corrected chi connectivity index (χ1v) is 7.83. The van der Waals surface area contributed by atoms with E-state index in [2.05, 4.69) is 16.8 Å². The van der Waals surface area contributed by atoms with Crippen molar-refractivity contribution in [2.24, 2.45) is 0 Å². The normalized spacial score (nSPS) is 17.4. The van der Waals surface area contributed by atoms with E-state index in [0.717, 1.165) is 51.5 Å². The molecule has 0 aliphatic carbocycles. The maximum absolute atomic E-state index is 14.2. The van der Waals surface area contributed by atoms with Gasteiger partial charge in [-0.05, 0) is 25.3 Å². The molecule has 1 saturated heterocycles. The molecule has 1 aliphatic heterocycles. The molecule has 0 radical (unpaired) electrons. The summed E-state index contributed by atoms with van der Waals surface area (Å²) in [6.45, 7) is 6.81. The number of hydrogen-bond acceptors (Lipinski definition) is 2. The molecule has 22 heavy (non-hydrogen) atoms. The van der Waals surface area contributed by atoms with Crippen LogP contribution >= 0.6 is 0 Å². The topological polar surface area (TPSA) is 15.3 Å². The van der Waals surface area contributed by atoms with E-state index in [1.165, 1.54) is 0 Å². The van der Waals surface area contributed by atoms with Crippen LogP contribution in [-0.4, -0.2) is 31.1 Å². The highest BCUT2D eigenvalue weighted by atomic mass is 19.2. The van der Waals surface area contributed by atoms with Gasteiger partial charge in [0, 0.05) is 43.9 Å². The van der Waals surface area contributed by atoms with E-state index < -0.39 is 17.5 Å². The number of halogens is 3. The smallest absolute Gasteiger partial charge is 0.163 e. The lowest BCUT2D eigenvalue weighted by atomic mass is 9.97. The van der Waals surface area contributed by atoms with Crippen LogP contribution in [0.15, 0.2) is 24.8 Å². The van der Waals surface area contributed by atoms with Gasteiger partial charge in [-0.1, -0.05) is 12.5 Å². The molecule has 1 N–H and O–H groups in total. The van der Waals surface area contributed by atoms with Gasteiger partial charge in [0.05, 0.1) is 0 Å². The summed E-state index contributed by atoms with van der Waals surface area (Å²) < 4.78 is 41.2. The van der Waals surface area contributed by atoms with Gasteiger partial charge in [0.1, 0.15) is 5.82 Å². The molecule has 1 atom stereocenters. The molecule has 0 saturated carbocycles. The third-order valence-corrected chi connectivity index (χ3v) is 4.11. The molecule has 0 bridgehead atoms. The predicted octanol–water partition coefficient (Wildman–Crippen LogP) is 3.80. The fourth-order valence-electron chi connectivity index (χ4n) is 2.97. The van der Waals surface area contributed by atoms with Gasteiger partial charge in [0.15, 0.2) is 11.6 Å². The third-order valence-electron chi connectivity index (χ3n) is 4.11.